The van der Waals surface area contributed by atoms with Gasteiger partial charge in [0.1, 0.15) is 5.75 Å². The van der Waals surface area contributed by atoms with Crippen LogP contribution in [0.5, 0.6) is 5.75 Å². The molecule has 0 radical (unpaired) electrons. The van der Waals surface area contributed by atoms with Crippen molar-refractivity contribution in [3.63, 3.8) is 0 Å². The Balaban J connectivity index is 1.81. The molecule has 0 aliphatic carbocycles. The molecule has 0 spiro atoms. The van der Waals surface area contributed by atoms with E-state index in [1.165, 1.54) is 5.56 Å². The molecule has 0 amide bonds. The predicted molar refractivity (Wildman–Crippen MR) is 70.5 cm³/mol. The lowest BCUT2D eigenvalue weighted by Gasteiger charge is -2.30. The van der Waals surface area contributed by atoms with Gasteiger partial charge in [0.05, 0.1) is 12.7 Å². The highest BCUT2D eigenvalue weighted by atomic mass is 16.5. The van der Waals surface area contributed by atoms with Crippen LogP contribution in [-0.2, 0) is 6.42 Å². The Bertz CT molecular complexity index is 522. The fourth-order valence-corrected chi connectivity index (χ4v) is 2.49. The molecule has 0 fully saturated rings. The van der Waals surface area contributed by atoms with E-state index in [9.17, 15) is 5.11 Å². The summed E-state index contributed by atoms with van der Waals surface area (Å²) in [5.41, 5.74) is 2.15. The summed E-state index contributed by atoms with van der Waals surface area (Å²) in [6.07, 6.45) is 0.409. The van der Waals surface area contributed by atoms with Crippen molar-refractivity contribution in [1.82, 2.24) is 0 Å². The van der Waals surface area contributed by atoms with E-state index < -0.39 is 6.10 Å². The Kier molecular flexibility index (Phi) is 3.03. The van der Waals surface area contributed by atoms with E-state index >= 15 is 0 Å². The molecule has 0 bridgehead atoms. The largest absolute Gasteiger partial charge is 0.493 e. The minimum Gasteiger partial charge on any atom is -0.493 e. The van der Waals surface area contributed by atoms with Crippen molar-refractivity contribution in [2.45, 2.75) is 12.5 Å². The van der Waals surface area contributed by atoms with Crippen LogP contribution in [0.1, 0.15) is 17.2 Å². The molecule has 0 unspecified atom stereocenters. The van der Waals surface area contributed by atoms with Gasteiger partial charge >= 0.3 is 0 Å². The first-order valence-corrected chi connectivity index (χ1v) is 6.28. The van der Waals surface area contributed by atoms with Crippen molar-refractivity contribution in [3.05, 3.63) is 65.7 Å². The molecule has 2 nitrogen and oxygen atoms in total. The average Bonchev–Trinajstić information content (AvgIpc) is 2.43. The molecule has 1 aliphatic heterocycles. The van der Waals surface area contributed by atoms with Crippen molar-refractivity contribution in [3.8, 4) is 5.75 Å². The van der Waals surface area contributed by atoms with Crippen LogP contribution in [0.2, 0.25) is 0 Å². The number of aliphatic hydroxyl groups excluding tert-OH is 1. The van der Waals surface area contributed by atoms with Gasteiger partial charge in [-0.05, 0) is 18.1 Å². The second-order valence-electron chi connectivity index (χ2n) is 4.74. The number of hydrogen-bond donors (Lipinski definition) is 1. The van der Waals surface area contributed by atoms with Crippen LogP contribution in [0, 0.1) is 5.92 Å². The van der Waals surface area contributed by atoms with Crippen molar-refractivity contribution in [2.75, 3.05) is 6.61 Å². The number of fused-ring (bicyclic) bond motifs is 1. The Hall–Kier alpha value is -1.80. The van der Waals surface area contributed by atoms with Crippen LogP contribution in [0.15, 0.2) is 54.6 Å². The van der Waals surface area contributed by atoms with Crippen LogP contribution in [0.25, 0.3) is 0 Å². The van der Waals surface area contributed by atoms with E-state index in [0.717, 1.165) is 17.7 Å². The van der Waals surface area contributed by atoms with Gasteiger partial charge in [0.2, 0.25) is 0 Å². The first-order valence-electron chi connectivity index (χ1n) is 6.28. The van der Waals surface area contributed by atoms with E-state index in [-0.39, 0.29) is 5.92 Å². The molecule has 92 valence electrons. The van der Waals surface area contributed by atoms with Crippen LogP contribution >= 0.6 is 0 Å². The summed E-state index contributed by atoms with van der Waals surface area (Å²) < 4.78 is 5.72. The molecule has 1 aliphatic rings. The summed E-state index contributed by atoms with van der Waals surface area (Å²) in [5, 5.41) is 10.4. The van der Waals surface area contributed by atoms with Crippen LogP contribution in [0.3, 0.4) is 0 Å². The van der Waals surface area contributed by atoms with Gasteiger partial charge < -0.3 is 9.84 Å². The lowest BCUT2D eigenvalue weighted by atomic mass is 9.88. The van der Waals surface area contributed by atoms with Gasteiger partial charge in [0, 0.05) is 11.5 Å². The van der Waals surface area contributed by atoms with Gasteiger partial charge in [-0.3, -0.25) is 0 Å². The maximum Gasteiger partial charge on any atom is 0.125 e. The summed E-state index contributed by atoms with van der Waals surface area (Å²) in [6, 6.07) is 18.0. The summed E-state index contributed by atoms with van der Waals surface area (Å²) in [5.74, 6) is 0.941. The maximum absolute atomic E-state index is 10.4. The van der Waals surface area contributed by atoms with E-state index in [2.05, 4.69) is 12.1 Å². The molecule has 0 saturated carbocycles. The summed E-state index contributed by atoms with van der Waals surface area (Å²) >= 11 is 0. The second-order valence-corrected chi connectivity index (χ2v) is 4.74. The van der Waals surface area contributed by atoms with E-state index in [1.807, 2.05) is 42.5 Å². The highest BCUT2D eigenvalue weighted by Gasteiger charge is 2.28. The van der Waals surface area contributed by atoms with E-state index in [1.54, 1.807) is 0 Å². The molecule has 1 N–H and O–H groups in total. The van der Waals surface area contributed by atoms with Gasteiger partial charge in [-0.2, -0.15) is 0 Å². The van der Waals surface area contributed by atoms with Crippen molar-refractivity contribution < 1.29 is 9.84 Å². The van der Waals surface area contributed by atoms with Gasteiger partial charge in [-0.1, -0.05) is 48.5 Å². The summed E-state index contributed by atoms with van der Waals surface area (Å²) in [7, 11) is 0. The number of ether oxygens (including phenoxy) is 1. The number of aliphatic hydroxyl groups is 1. The fourth-order valence-electron chi connectivity index (χ4n) is 2.49. The topological polar surface area (TPSA) is 29.5 Å². The van der Waals surface area contributed by atoms with Crippen molar-refractivity contribution in [2.24, 2.45) is 5.92 Å². The molecule has 1 heterocycles. The smallest absolute Gasteiger partial charge is 0.125 e. The Labute approximate surface area is 107 Å². The molecule has 2 aromatic rings. The molecule has 2 atom stereocenters. The minimum atomic E-state index is -0.435. The Morgan fingerprint density at radius 3 is 2.56 bits per heavy atom. The summed E-state index contributed by atoms with van der Waals surface area (Å²) in [6.45, 7) is 0.576. The maximum atomic E-state index is 10.4. The quantitative estimate of drug-likeness (QED) is 0.874. The zero-order chi connectivity index (χ0) is 12.4. The van der Waals surface area contributed by atoms with Crippen LogP contribution in [-0.4, -0.2) is 11.7 Å². The third-order valence-corrected chi connectivity index (χ3v) is 3.48. The Morgan fingerprint density at radius 2 is 1.72 bits per heavy atom. The van der Waals surface area contributed by atoms with Crippen molar-refractivity contribution in [1.29, 1.82) is 0 Å². The number of rotatable bonds is 2. The van der Waals surface area contributed by atoms with Gasteiger partial charge in [0.15, 0.2) is 0 Å². The highest BCUT2D eigenvalue weighted by molar-refractivity contribution is 5.37. The second kappa shape index (κ2) is 4.83. The minimum absolute atomic E-state index is 0.127. The third kappa shape index (κ3) is 2.12. The zero-order valence-corrected chi connectivity index (χ0v) is 10.1. The van der Waals surface area contributed by atoms with Gasteiger partial charge in [0.25, 0.3) is 0 Å². The average molecular weight is 240 g/mol. The zero-order valence-electron chi connectivity index (χ0n) is 10.1. The number of benzene rings is 2. The molecule has 0 saturated heterocycles. The highest BCUT2D eigenvalue weighted by Crippen LogP contribution is 2.36. The number of para-hydroxylation sites is 1. The first-order chi connectivity index (χ1) is 8.84. The van der Waals surface area contributed by atoms with Crippen LogP contribution < -0.4 is 4.74 Å². The molecule has 2 aromatic carbocycles. The standard InChI is InChI=1S/C16H16O2/c17-16-13(10-12-6-2-1-3-7-12)11-18-15-9-5-4-8-14(15)16/h1-9,13,16-17H,10-11H2/t13-,16+/m0/s1. The monoisotopic (exact) mass is 240 g/mol. The van der Waals surface area contributed by atoms with E-state index in [4.69, 9.17) is 4.74 Å². The molecule has 2 heteroatoms. The fraction of sp³-hybridized carbons (Fsp3) is 0.250. The third-order valence-electron chi connectivity index (χ3n) is 3.48. The predicted octanol–water partition coefficient (Wildman–Crippen LogP) is 2.97. The molecular formula is C16H16O2. The first kappa shape index (κ1) is 11.3. The lowest BCUT2D eigenvalue weighted by molar-refractivity contribution is 0.0508. The SMILES string of the molecule is O[C@H]1c2ccccc2OC[C@@H]1Cc1ccccc1. The Morgan fingerprint density at radius 1 is 1.00 bits per heavy atom. The molecular weight excluding hydrogens is 224 g/mol. The molecule has 0 aromatic heterocycles. The van der Waals surface area contributed by atoms with E-state index in [0.29, 0.717) is 6.61 Å². The normalized spacial score (nSPS) is 22.1. The van der Waals surface area contributed by atoms with Crippen molar-refractivity contribution >= 4 is 0 Å². The lowest BCUT2D eigenvalue weighted by Crippen LogP contribution is -2.27. The van der Waals surface area contributed by atoms with Crippen LogP contribution in [0.4, 0.5) is 0 Å². The summed E-state index contributed by atoms with van der Waals surface area (Å²) in [4.78, 5) is 0. The van der Waals surface area contributed by atoms with Gasteiger partial charge in [-0.15, -0.1) is 0 Å². The molecule has 3 rings (SSSR count). The van der Waals surface area contributed by atoms with Gasteiger partial charge in [-0.25, -0.2) is 0 Å². The number of hydrogen-bond acceptors (Lipinski definition) is 2. The molecule has 18 heavy (non-hydrogen) atoms.